The summed E-state index contributed by atoms with van der Waals surface area (Å²) in [5.74, 6) is -0.667. The summed E-state index contributed by atoms with van der Waals surface area (Å²) in [4.78, 5) is 131. The number of aliphatic carboxylic acids is 1. The van der Waals surface area contributed by atoms with Crippen molar-refractivity contribution in [3.63, 3.8) is 0 Å². The van der Waals surface area contributed by atoms with Crippen LogP contribution in [0.25, 0.3) is 0 Å². The van der Waals surface area contributed by atoms with Gasteiger partial charge in [0.25, 0.3) is 0 Å². The molecule has 7 N–H and O–H groups in total. The van der Waals surface area contributed by atoms with Crippen molar-refractivity contribution >= 4 is 166 Å². The smallest absolute Gasteiger partial charge is 0.480 e. The number of ketones is 2. The zero-order valence-corrected chi connectivity index (χ0v) is 91.0. The summed E-state index contributed by atoms with van der Waals surface area (Å²) in [5, 5.41) is 42.5. The number of urea groups is 3. The monoisotopic (exact) mass is 2280 g/mol. The quantitative estimate of drug-likeness (QED) is 0.0106. The summed E-state index contributed by atoms with van der Waals surface area (Å²) in [6.45, 7) is 24.4. The van der Waals surface area contributed by atoms with Gasteiger partial charge in [-0.25, -0.2) is 43.7 Å². The topological polar surface area (TPSA) is 348 Å². The number of aliphatic hydroxyl groups is 1. The Bertz CT molecular complexity index is 4670. The second kappa shape index (κ2) is 67.2. The summed E-state index contributed by atoms with van der Waals surface area (Å²) in [6, 6.07) is 35.2. The van der Waals surface area contributed by atoms with Gasteiger partial charge >= 0.3 is 87.6 Å². The Morgan fingerprint density at radius 1 is 0.439 bits per heavy atom. The number of carboxylic acid groups (broad SMARTS) is 1. The van der Waals surface area contributed by atoms with Crippen LogP contribution >= 0.6 is 118 Å². The minimum absolute atomic E-state index is 0. The number of hydrogen-bond acceptors (Lipinski definition) is 23. The maximum atomic E-state index is 14.1. The Kier molecular flexibility index (Phi) is 64.1. The molecule has 0 aliphatic carbocycles. The zero-order valence-electron chi connectivity index (χ0n) is 77.2. The fourth-order valence-corrected chi connectivity index (χ4v) is 16.2. The molecule has 0 unspecified atom stereocenters. The van der Waals surface area contributed by atoms with Gasteiger partial charge in [0.1, 0.15) is 25.3 Å². The average Bonchev–Trinajstić information content (AvgIpc) is 1.76. The Morgan fingerprint density at radius 3 is 1.02 bits per heavy atom. The first-order valence-electron chi connectivity index (χ1n) is 42.0. The normalized spacial score (nSPS) is 12.4. The molecule has 0 fully saturated rings. The number of carboxylic acids is 1. The van der Waals surface area contributed by atoms with E-state index in [4.69, 9.17) is 18.9 Å². The van der Waals surface area contributed by atoms with Crippen LogP contribution in [0.5, 0.6) is 0 Å². The van der Waals surface area contributed by atoms with Crippen molar-refractivity contribution in [2.75, 3.05) is 41.0 Å². The molecule has 726 valence electrons. The van der Waals surface area contributed by atoms with Crippen LogP contribution in [0.15, 0.2) is 161 Å². The molecule has 0 spiro atoms. The van der Waals surface area contributed by atoms with Gasteiger partial charge in [0.05, 0.1) is 104 Å². The molecule has 132 heavy (non-hydrogen) atoms. The van der Waals surface area contributed by atoms with E-state index in [0.717, 1.165) is 64.1 Å². The van der Waals surface area contributed by atoms with E-state index in [1.807, 2.05) is 167 Å². The summed E-state index contributed by atoms with van der Waals surface area (Å²) < 4.78 is 22.5. The molecule has 5 aromatic heterocycles. The molecule has 0 saturated heterocycles. The van der Waals surface area contributed by atoms with Crippen molar-refractivity contribution in [2.45, 2.75) is 262 Å². The van der Waals surface area contributed by atoms with Crippen LogP contribution in [0.1, 0.15) is 226 Å². The standard InChI is InChI=1S/C40H53N5O5S2.C36H45N5O5S2.C16H27N3O4S.3CH4.CH3.I2.HI.K/c1-28(2)37-42-33(26-51-37)23-45(6)38(47)44-35(25-50-40(3,4)5)36(46)21-31(19-29-13-9-7-10-14-29)17-18-32(20-30-15-11-8-12-16-30)43-39(48)49-24-34-22-41-27-52-34;1-25(2)34-38-30(23-47-34)20-41(3)35(44)40-32(21-42)33(43)18-28(16-26-10-6-4-7-11-26)14-15-29(17-27-12-8-5-9-13-27)39-36(45)46-22-31-19-37-24-48-31;1-10(2)13-17-11(9-24-13)7-19(6)15(22)18-12(14(20)21)8-23-16(3,4)5;;;;;1-2;;/h7-16,22,26-28,31-32,35H,17-21,23-25H2,1-6H3,(H,43,48)(H,44,47);4-13,19,23-25,28-29,32,42H,14-18,20-22H2,1-3H3,(H,39,45)(H,40,44);9-10,12H,7-8H2,1-6H3,(H,18,22)(H,20,21);3*1H4;1H3;;1H;/q;;;;;;-1;;;+1/t31-,32-,35+;28-,29-,32+;12-;;;;;;;/m110......./s1. The van der Waals surface area contributed by atoms with Gasteiger partial charge in [-0.05, 0) is 127 Å². The molecule has 0 aliphatic rings. The molecular formula is C96H141I3KN13O14S5. The van der Waals surface area contributed by atoms with Gasteiger partial charge in [-0.3, -0.25) is 19.6 Å². The molecule has 9 aromatic rings. The SMILES string of the molecule is C.C.C.CC(C)c1nc(CN(C)C(=O)N[C@@H](CO)C(=O)C[C@H](CC[C@H](Cc2ccccc2)NC(=O)OCc2cncs2)Cc2ccccc2)cs1.CC(C)c1nc(CN(C)C(=O)N[C@@H](COC(C)(C)C)C(=O)C[C@H](CC[C@H](Cc2ccccc2)NC(=O)OCc2cncs2)Cc2ccccc2)cs1.CC(C)c1nc(CN(C)C(=O)N[C@@H](COC(C)(C)C)C(=O)O)cs1.I.II.[CH3-].[K+]. The third-order valence-corrected chi connectivity index (χ3v) is 24.5. The molecule has 0 aliphatic heterocycles. The Labute approximate surface area is 887 Å². The number of rotatable bonds is 44. The number of nitrogens with one attached hydrogen (secondary N) is 5. The van der Waals surface area contributed by atoms with Crippen molar-refractivity contribution < 1.29 is 119 Å². The largest absolute Gasteiger partial charge is 1.00 e. The second-order valence-electron chi connectivity index (χ2n) is 33.7. The van der Waals surface area contributed by atoms with Crippen LogP contribution in [0.2, 0.25) is 0 Å². The number of thiazole rings is 5. The van der Waals surface area contributed by atoms with Crippen molar-refractivity contribution in [2.24, 2.45) is 11.8 Å². The van der Waals surface area contributed by atoms with Crippen molar-refractivity contribution in [1.82, 2.24) is 66.2 Å². The van der Waals surface area contributed by atoms with Crippen LogP contribution in [-0.2, 0) is 91.9 Å². The maximum Gasteiger partial charge on any atom is 1.00 e. The molecule has 0 bridgehead atoms. The van der Waals surface area contributed by atoms with Gasteiger partial charge in [0.2, 0.25) is 0 Å². The van der Waals surface area contributed by atoms with Gasteiger partial charge in [-0.1, -0.05) is 185 Å². The fraction of sp³-hybridized carbons (Fsp3) is 0.500. The number of alkyl carbamates (subject to hydrolysis) is 2. The molecule has 27 nitrogen and oxygen atoms in total. The van der Waals surface area contributed by atoms with Gasteiger partial charge in [-0.2, -0.15) is 0 Å². The number of carbonyl (C=O) groups is 8. The van der Waals surface area contributed by atoms with E-state index in [0.29, 0.717) is 88.8 Å². The van der Waals surface area contributed by atoms with Crippen LogP contribution in [0, 0.1) is 19.3 Å². The first-order chi connectivity index (χ1) is 60.0. The zero-order chi connectivity index (χ0) is 92.3. The summed E-state index contributed by atoms with van der Waals surface area (Å²) >= 11 is 11.8. The number of Topliss-reactive ketones (excluding diaryl/α,β-unsaturated/α-hetero) is 2. The van der Waals surface area contributed by atoms with Crippen molar-refractivity contribution in [3.8, 4) is 0 Å². The second-order valence-corrected chi connectivity index (χ2v) is 38.3. The van der Waals surface area contributed by atoms with Gasteiger partial charge in [0.15, 0.2) is 17.6 Å². The van der Waals surface area contributed by atoms with Crippen molar-refractivity contribution in [3.05, 3.63) is 232 Å². The average molecular weight is 2280 g/mol. The number of amides is 8. The number of carbonyl (C=O) groups excluding carboxylic acids is 7. The molecule has 9 rings (SSSR count). The van der Waals surface area contributed by atoms with Gasteiger partial charge in [0, 0.05) is 130 Å². The first kappa shape index (κ1) is 126. The molecule has 0 radical (unpaired) electrons. The number of hydrogen-bond donors (Lipinski definition) is 7. The van der Waals surface area contributed by atoms with E-state index >= 15 is 0 Å². The first-order valence-corrected chi connectivity index (χ1v) is 52.7. The predicted octanol–water partition coefficient (Wildman–Crippen LogP) is 19.0. The van der Waals surface area contributed by atoms with E-state index in [9.17, 15) is 48.6 Å². The van der Waals surface area contributed by atoms with E-state index < -0.39 is 66.2 Å². The third-order valence-electron chi connectivity index (χ3n) is 19.5. The number of nitrogens with zero attached hydrogens (tertiary/aromatic N) is 8. The number of ether oxygens (including phenoxy) is 4. The van der Waals surface area contributed by atoms with E-state index in [2.05, 4.69) is 142 Å². The number of aliphatic hydroxyl groups excluding tert-OH is 1. The summed E-state index contributed by atoms with van der Waals surface area (Å²) in [5.41, 5.74) is 9.18. The minimum atomic E-state index is -1.13. The molecule has 8 amide bonds. The van der Waals surface area contributed by atoms with Crippen molar-refractivity contribution in [1.29, 1.82) is 0 Å². The maximum absolute atomic E-state index is 14.1. The Balaban J connectivity index is 0.00000200. The molecule has 36 heteroatoms. The summed E-state index contributed by atoms with van der Waals surface area (Å²) in [6.07, 6.45) is 7.78. The van der Waals surface area contributed by atoms with E-state index in [1.165, 1.54) is 32.5 Å². The Morgan fingerprint density at radius 2 is 0.735 bits per heavy atom. The fourth-order valence-electron chi connectivity index (χ4n) is 12.7. The van der Waals surface area contributed by atoms with Crippen LogP contribution in [0.4, 0.5) is 24.0 Å². The summed E-state index contributed by atoms with van der Waals surface area (Å²) in [7, 11) is 4.95. The molecule has 5 heterocycles. The van der Waals surface area contributed by atoms with Gasteiger partial charge < -0.3 is 77.9 Å². The Hall–Kier alpha value is -6.10. The molecule has 0 saturated carbocycles. The van der Waals surface area contributed by atoms with E-state index in [1.54, 1.807) is 83.5 Å². The van der Waals surface area contributed by atoms with Gasteiger partial charge in [-0.15, -0.1) is 80.7 Å². The predicted molar refractivity (Wildman–Crippen MR) is 560 cm³/mol. The van der Waals surface area contributed by atoms with E-state index in [-0.39, 0.29) is 186 Å². The third kappa shape index (κ3) is 50.3. The molecule has 7 atom stereocenters. The minimum Gasteiger partial charge on any atom is -0.480 e. The molecule has 4 aromatic carbocycles. The number of benzene rings is 4. The van der Waals surface area contributed by atoms with Crippen LogP contribution in [-0.4, -0.2) is 180 Å². The number of aromatic nitrogens is 5. The molecular weight excluding hydrogens is 2140 g/mol. The van der Waals surface area contributed by atoms with Crippen LogP contribution in [0.3, 0.4) is 0 Å². The van der Waals surface area contributed by atoms with Crippen LogP contribution < -0.4 is 78.0 Å². The number of halogens is 3.